The van der Waals surface area contributed by atoms with Gasteiger partial charge in [0, 0.05) is 24.5 Å². The summed E-state index contributed by atoms with van der Waals surface area (Å²) in [4.78, 5) is 14.9. The van der Waals surface area contributed by atoms with Crippen LogP contribution < -0.4 is 20.3 Å². The standard InChI is InChI=1S/C22H27N3O2/c1-27-20-11-5-17(6-12-20)22(13-14-22)24-21(26)23-18-7-9-19(10-8-18)25-15-3-2-4-16-25/h5-12H,2-4,13-16H2,1H3,(H2,23,24,26). The summed E-state index contributed by atoms with van der Waals surface area (Å²) in [6, 6.07) is 15.9. The molecule has 2 aromatic carbocycles. The van der Waals surface area contributed by atoms with Gasteiger partial charge in [0.1, 0.15) is 5.75 Å². The van der Waals surface area contributed by atoms with Crippen molar-refractivity contribution in [3.8, 4) is 5.75 Å². The third-order valence-electron chi connectivity index (χ3n) is 5.59. The Balaban J connectivity index is 1.36. The highest BCUT2D eigenvalue weighted by Crippen LogP contribution is 2.45. The Bertz CT molecular complexity index is 776. The van der Waals surface area contributed by atoms with E-state index in [2.05, 4.69) is 27.7 Å². The summed E-state index contributed by atoms with van der Waals surface area (Å²) in [6.07, 6.45) is 5.76. The number of rotatable bonds is 5. The van der Waals surface area contributed by atoms with Crippen molar-refractivity contribution >= 4 is 17.4 Å². The number of hydrogen-bond acceptors (Lipinski definition) is 3. The Kier molecular flexibility index (Phi) is 4.92. The lowest BCUT2D eigenvalue weighted by atomic mass is 10.1. The molecule has 0 unspecified atom stereocenters. The maximum absolute atomic E-state index is 12.5. The molecule has 0 radical (unpaired) electrons. The number of anilines is 2. The summed E-state index contributed by atoms with van der Waals surface area (Å²) in [7, 11) is 1.66. The van der Waals surface area contributed by atoms with Crippen molar-refractivity contribution in [1.82, 2.24) is 5.32 Å². The van der Waals surface area contributed by atoms with E-state index < -0.39 is 0 Å². The number of urea groups is 1. The number of amides is 2. The van der Waals surface area contributed by atoms with Crippen LogP contribution >= 0.6 is 0 Å². The van der Waals surface area contributed by atoms with Crippen LogP contribution in [0.25, 0.3) is 0 Å². The van der Waals surface area contributed by atoms with Gasteiger partial charge in [-0.3, -0.25) is 0 Å². The van der Waals surface area contributed by atoms with E-state index >= 15 is 0 Å². The molecule has 2 aliphatic rings. The molecule has 2 aromatic rings. The van der Waals surface area contributed by atoms with E-state index in [1.807, 2.05) is 36.4 Å². The maximum atomic E-state index is 12.5. The van der Waals surface area contributed by atoms with Gasteiger partial charge in [0.2, 0.25) is 0 Å². The van der Waals surface area contributed by atoms with E-state index in [0.717, 1.165) is 42.9 Å². The fourth-order valence-corrected chi connectivity index (χ4v) is 3.81. The Morgan fingerprint density at radius 3 is 2.22 bits per heavy atom. The van der Waals surface area contributed by atoms with Crippen molar-refractivity contribution in [1.29, 1.82) is 0 Å². The summed E-state index contributed by atoms with van der Waals surface area (Å²) in [5.41, 5.74) is 2.93. The highest BCUT2D eigenvalue weighted by Gasteiger charge is 2.45. The molecule has 0 spiro atoms. The lowest BCUT2D eigenvalue weighted by Gasteiger charge is -2.28. The summed E-state index contributed by atoms with van der Waals surface area (Å²) in [5, 5.41) is 6.11. The van der Waals surface area contributed by atoms with Crippen molar-refractivity contribution in [3.63, 3.8) is 0 Å². The van der Waals surface area contributed by atoms with E-state index in [4.69, 9.17) is 4.74 Å². The minimum absolute atomic E-state index is 0.158. The topological polar surface area (TPSA) is 53.6 Å². The van der Waals surface area contributed by atoms with Gasteiger partial charge in [-0.05, 0) is 74.1 Å². The highest BCUT2D eigenvalue weighted by atomic mass is 16.5. The van der Waals surface area contributed by atoms with Crippen molar-refractivity contribution in [2.24, 2.45) is 0 Å². The molecule has 2 amide bonds. The molecule has 5 heteroatoms. The molecule has 0 atom stereocenters. The number of piperidine rings is 1. The van der Waals surface area contributed by atoms with Gasteiger partial charge < -0.3 is 20.3 Å². The minimum Gasteiger partial charge on any atom is -0.497 e. The molecule has 5 nitrogen and oxygen atoms in total. The van der Waals surface area contributed by atoms with Crippen LogP contribution in [0, 0.1) is 0 Å². The van der Waals surface area contributed by atoms with Gasteiger partial charge >= 0.3 is 6.03 Å². The van der Waals surface area contributed by atoms with E-state index in [1.165, 1.54) is 24.9 Å². The lowest BCUT2D eigenvalue weighted by molar-refractivity contribution is 0.247. The number of benzene rings is 2. The molecule has 2 N–H and O–H groups in total. The van der Waals surface area contributed by atoms with E-state index in [1.54, 1.807) is 7.11 Å². The first-order valence-electron chi connectivity index (χ1n) is 9.77. The zero-order chi connectivity index (χ0) is 18.7. The van der Waals surface area contributed by atoms with Crippen LogP contribution in [0.5, 0.6) is 5.75 Å². The predicted octanol–water partition coefficient (Wildman–Crippen LogP) is 4.50. The molecule has 2 fully saturated rings. The average Bonchev–Trinajstić information content (AvgIpc) is 3.49. The second-order valence-corrected chi connectivity index (χ2v) is 7.48. The molecule has 1 heterocycles. The fourth-order valence-electron chi connectivity index (χ4n) is 3.81. The number of carbonyl (C=O) groups excluding carboxylic acids is 1. The summed E-state index contributed by atoms with van der Waals surface area (Å²) >= 11 is 0. The van der Waals surface area contributed by atoms with Crippen LogP contribution in [0.4, 0.5) is 16.2 Å². The van der Waals surface area contributed by atoms with Gasteiger partial charge in [-0.15, -0.1) is 0 Å². The van der Waals surface area contributed by atoms with Crippen molar-refractivity contribution in [2.45, 2.75) is 37.6 Å². The molecule has 0 bridgehead atoms. The van der Waals surface area contributed by atoms with Crippen LogP contribution in [0.1, 0.15) is 37.7 Å². The molecular weight excluding hydrogens is 338 g/mol. The second-order valence-electron chi connectivity index (χ2n) is 7.48. The van der Waals surface area contributed by atoms with Gasteiger partial charge in [-0.2, -0.15) is 0 Å². The first-order valence-corrected chi connectivity index (χ1v) is 9.77. The van der Waals surface area contributed by atoms with Crippen LogP contribution in [0.3, 0.4) is 0 Å². The molecule has 1 aliphatic heterocycles. The predicted molar refractivity (Wildman–Crippen MR) is 109 cm³/mol. The summed E-state index contributed by atoms with van der Waals surface area (Å²) < 4.78 is 5.21. The van der Waals surface area contributed by atoms with Gasteiger partial charge in [-0.25, -0.2) is 4.79 Å². The summed E-state index contributed by atoms with van der Waals surface area (Å²) in [5.74, 6) is 0.827. The first kappa shape index (κ1) is 17.7. The Labute approximate surface area is 160 Å². The minimum atomic E-state index is -0.246. The Morgan fingerprint density at radius 1 is 0.963 bits per heavy atom. The number of nitrogens with one attached hydrogen (secondary N) is 2. The Hall–Kier alpha value is -2.69. The lowest BCUT2D eigenvalue weighted by Crippen LogP contribution is -2.38. The monoisotopic (exact) mass is 365 g/mol. The molecule has 0 aromatic heterocycles. The summed E-state index contributed by atoms with van der Waals surface area (Å²) in [6.45, 7) is 2.25. The van der Waals surface area contributed by atoms with Crippen molar-refractivity contribution in [2.75, 3.05) is 30.4 Å². The number of carbonyl (C=O) groups is 1. The van der Waals surface area contributed by atoms with Crippen LogP contribution in [0.15, 0.2) is 48.5 Å². The van der Waals surface area contributed by atoms with Crippen LogP contribution in [-0.2, 0) is 5.54 Å². The van der Waals surface area contributed by atoms with Crippen molar-refractivity contribution < 1.29 is 9.53 Å². The van der Waals surface area contributed by atoms with Gasteiger partial charge in [0.15, 0.2) is 0 Å². The quantitative estimate of drug-likeness (QED) is 0.820. The molecule has 1 saturated heterocycles. The molecule has 4 rings (SSSR count). The largest absolute Gasteiger partial charge is 0.497 e. The highest BCUT2D eigenvalue weighted by molar-refractivity contribution is 5.90. The number of hydrogen-bond donors (Lipinski definition) is 2. The molecule has 142 valence electrons. The second kappa shape index (κ2) is 7.51. The number of nitrogens with zero attached hydrogens (tertiary/aromatic N) is 1. The third-order valence-corrected chi connectivity index (χ3v) is 5.59. The Morgan fingerprint density at radius 2 is 1.63 bits per heavy atom. The third kappa shape index (κ3) is 4.02. The van der Waals surface area contributed by atoms with Gasteiger partial charge in [0.25, 0.3) is 0 Å². The van der Waals surface area contributed by atoms with Crippen LogP contribution in [-0.4, -0.2) is 26.2 Å². The van der Waals surface area contributed by atoms with E-state index in [0.29, 0.717) is 0 Å². The average molecular weight is 365 g/mol. The zero-order valence-electron chi connectivity index (χ0n) is 15.8. The molecule has 1 aliphatic carbocycles. The first-order chi connectivity index (χ1) is 13.2. The van der Waals surface area contributed by atoms with E-state index in [9.17, 15) is 4.79 Å². The van der Waals surface area contributed by atoms with Crippen LogP contribution in [0.2, 0.25) is 0 Å². The molecule has 27 heavy (non-hydrogen) atoms. The fraction of sp³-hybridized carbons (Fsp3) is 0.409. The van der Waals surface area contributed by atoms with Gasteiger partial charge in [0.05, 0.1) is 12.6 Å². The van der Waals surface area contributed by atoms with Gasteiger partial charge in [-0.1, -0.05) is 12.1 Å². The number of ether oxygens (including phenoxy) is 1. The number of methoxy groups -OCH3 is 1. The smallest absolute Gasteiger partial charge is 0.319 e. The normalized spacial score (nSPS) is 17.9. The SMILES string of the molecule is COc1ccc(C2(NC(=O)Nc3ccc(N4CCCCC4)cc3)CC2)cc1. The zero-order valence-corrected chi connectivity index (χ0v) is 15.8. The molecule has 1 saturated carbocycles. The van der Waals surface area contributed by atoms with E-state index in [-0.39, 0.29) is 11.6 Å². The maximum Gasteiger partial charge on any atom is 0.319 e. The molecular formula is C22H27N3O2. The van der Waals surface area contributed by atoms with Crippen molar-refractivity contribution in [3.05, 3.63) is 54.1 Å².